The van der Waals surface area contributed by atoms with Crippen molar-refractivity contribution in [3.63, 3.8) is 0 Å². The summed E-state index contributed by atoms with van der Waals surface area (Å²) in [7, 11) is 0. The molecule has 166 valence electrons. The first-order valence-electron chi connectivity index (χ1n) is 11.7. The summed E-state index contributed by atoms with van der Waals surface area (Å²) < 4.78 is 13.4. The quantitative estimate of drug-likeness (QED) is 0.601. The topological polar surface area (TPSA) is 69.5 Å². The Morgan fingerprint density at radius 3 is 2.69 bits per heavy atom. The Hall–Kier alpha value is -3.09. The Kier molecular flexibility index (Phi) is 4.59. The van der Waals surface area contributed by atoms with E-state index in [-0.39, 0.29) is 18.0 Å². The number of aromatic nitrogens is 3. The van der Waals surface area contributed by atoms with Crippen molar-refractivity contribution in [2.45, 2.75) is 57.5 Å². The van der Waals surface area contributed by atoms with Crippen molar-refractivity contribution in [1.82, 2.24) is 19.7 Å². The Labute approximate surface area is 187 Å². The van der Waals surface area contributed by atoms with E-state index < -0.39 is 0 Å². The molecule has 1 amide bonds. The molecular weight excluding hydrogens is 404 g/mol. The fourth-order valence-corrected chi connectivity index (χ4v) is 4.96. The Balaban J connectivity index is 1.39. The molecule has 0 radical (unpaired) electrons. The minimum atomic E-state index is 0.0334. The summed E-state index contributed by atoms with van der Waals surface area (Å²) in [4.78, 5) is 20.8. The second-order valence-corrected chi connectivity index (χ2v) is 9.35. The first-order chi connectivity index (χ1) is 15.6. The van der Waals surface area contributed by atoms with Crippen LogP contribution in [-0.2, 0) is 0 Å². The summed E-state index contributed by atoms with van der Waals surface area (Å²) in [5, 5.41) is 5.41. The third-order valence-corrected chi connectivity index (χ3v) is 6.77. The van der Waals surface area contributed by atoms with Gasteiger partial charge in [0.05, 0.1) is 23.2 Å². The smallest absolute Gasteiger partial charge is 0.255 e. The molecule has 3 aromatic rings. The zero-order valence-corrected chi connectivity index (χ0v) is 18.6. The van der Waals surface area contributed by atoms with E-state index in [1.807, 2.05) is 27.8 Å². The summed E-state index contributed by atoms with van der Waals surface area (Å²) in [6, 6.07) is 8.32. The number of likely N-dealkylation sites (tertiary alicyclic amines) is 1. The van der Waals surface area contributed by atoms with E-state index in [4.69, 9.17) is 14.5 Å². The largest absolute Gasteiger partial charge is 0.486 e. The molecule has 1 atom stereocenters. The van der Waals surface area contributed by atoms with Gasteiger partial charge in [-0.2, -0.15) is 5.10 Å². The number of fused-ring (bicyclic) bond motifs is 2. The lowest BCUT2D eigenvalue weighted by Crippen LogP contribution is -2.31. The lowest BCUT2D eigenvalue weighted by atomic mass is 10.0. The van der Waals surface area contributed by atoms with Crippen LogP contribution >= 0.6 is 0 Å². The van der Waals surface area contributed by atoms with Crippen LogP contribution in [0.15, 0.2) is 30.5 Å². The van der Waals surface area contributed by atoms with Gasteiger partial charge in [-0.05, 0) is 63.3 Å². The molecule has 0 N–H and O–H groups in total. The van der Waals surface area contributed by atoms with E-state index in [1.165, 1.54) is 0 Å². The molecule has 1 aliphatic carbocycles. The van der Waals surface area contributed by atoms with Crippen LogP contribution < -0.4 is 9.47 Å². The van der Waals surface area contributed by atoms with Crippen molar-refractivity contribution in [2.24, 2.45) is 0 Å². The van der Waals surface area contributed by atoms with Crippen molar-refractivity contribution >= 4 is 16.9 Å². The minimum Gasteiger partial charge on any atom is -0.486 e. The highest BCUT2D eigenvalue weighted by molar-refractivity contribution is 6.05. The number of ether oxygens (including phenoxy) is 2. The molecule has 2 fully saturated rings. The third kappa shape index (κ3) is 3.22. The van der Waals surface area contributed by atoms with E-state index in [9.17, 15) is 4.79 Å². The number of carbonyl (C=O) groups excluding carboxylic acids is 1. The van der Waals surface area contributed by atoms with Gasteiger partial charge >= 0.3 is 0 Å². The van der Waals surface area contributed by atoms with Crippen LogP contribution in [0.25, 0.3) is 11.0 Å². The number of hydrogen-bond donors (Lipinski definition) is 0. The molecule has 6 rings (SSSR count). The highest BCUT2D eigenvalue weighted by Gasteiger charge is 2.34. The third-order valence-electron chi connectivity index (χ3n) is 6.77. The van der Waals surface area contributed by atoms with Crippen molar-refractivity contribution in [1.29, 1.82) is 0 Å². The second-order valence-electron chi connectivity index (χ2n) is 9.35. The van der Waals surface area contributed by atoms with Crippen LogP contribution in [0.2, 0.25) is 0 Å². The van der Waals surface area contributed by atoms with Crippen LogP contribution in [-0.4, -0.2) is 45.3 Å². The summed E-state index contributed by atoms with van der Waals surface area (Å²) in [6.45, 7) is 6.07. The van der Waals surface area contributed by atoms with Gasteiger partial charge in [0, 0.05) is 24.2 Å². The van der Waals surface area contributed by atoms with Crippen molar-refractivity contribution in [3.8, 4) is 11.5 Å². The van der Waals surface area contributed by atoms with Gasteiger partial charge in [0.25, 0.3) is 5.91 Å². The molecule has 0 spiro atoms. The monoisotopic (exact) mass is 432 g/mol. The lowest BCUT2D eigenvalue weighted by Gasteiger charge is -2.27. The maximum Gasteiger partial charge on any atom is 0.255 e. The van der Waals surface area contributed by atoms with Crippen LogP contribution in [0, 0.1) is 0 Å². The first kappa shape index (κ1) is 19.6. The van der Waals surface area contributed by atoms with Crippen molar-refractivity contribution < 1.29 is 14.3 Å². The number of benzene rings is 1. The number of nitrogens with zero attached hydrogens (tertiary/aromatic N) is 4. The van der Waals surface area contributed by atoms with Gasteiger partial charge in [-0.1, -0.05) is 6.07 Å². The Morgan fingerprint density at radius 2 is 1.91 bits per heavy atom. The second kappa shape index (κ2) is 7.50. The summed E-state index contributed by atoms with van der Waals surface area (Å²) in [5.74, 6) is 2.09. The zero-order valence-electron chi connectivity index (χ0n) is 18.6. The van der Waals surface area contributed by atoms with Gasteiger partial charge in [0.2, 0.25) is 0 Å². The Bertz CT molecular complexity index is 1200. The van der Waals surface area contributed by atoms with Crippen LogP contribution in [0.4, 0.5) is 0 Å². The van der Waals surface area contributed by atoms with E-state index in [2.05, 4.69) is 25.0 Å². The van der Waals surface area contributed by atoms with Gasteiger partial charge in [-0.25, -0.2) is 9.67 Å². The average Bonchev–Trinajstić information content (AvgIpc) is 3.38. The Morgan fingerprint density at radius 1 is 1.09 bits per heavy atom. The molecule has 0 bridgehead atoms. The number of amides is 1. The van der Waals surface area contributed by atoms with Crippen LogP contribution in [0.1, 0.15) is 79.1 Å². The van der Waals surface area contributed by atoms with Gasteiger partial charge in [0.15, 0.2) is 17.1 Å². The van der Waals surface area contributed by atoms with Gasteiger partial charge in [-0.3, -0.25) is 4.79 Å². The molecule has 0 unspecified atom stereocenters. The summed E-state index contributed by atoms with van der Waals surface area (Å²) >= 11 is 0. The van der Waals surface area contributed by atoms with E-state index in [1.54, 1.807) is 6.20 Å². The molecule has 2 aromatic heterocycles. The number of carbonyl (C=O) groups is 1. The fourth-order valence-electron chi connectivity index (χ4n) is 4.96. The fraction of sp³-hybridized carbons (Fsp3) is 0.480. The molecule has 7 nitrogen and oxygen atoms in total. The molecule has 32 heavy (non-hydrogen) atoms. The minimum absolute atomic E-state index is 0.0334. The summed E-state index contributed by atoms with van der Waals surface area (Å²) in [5.41, 5.74) is 3.68. The highest BCUT2D eigenvalue weighted by atomic mass is 16.6. The van der Waals surface area contributed by atoms with Crippen molar-refractivity contribution in [3.05, 3.63) is 47.3 Å². The molecule has 1 saturated heterocycles. The van der Waals surface area contributed by atoms with Crippen LogP contribution in [0.3, 0.4) is 0 Å². The normalized spacial score (nSPS) is 20.3. The molecule has 3 aliphatic rings. The van der Waals surface area contributed by atoms with Crippen LogP contribution in [0.5, 0.6) is 11.5 Å². The van der Waals surface area contributed by atoms with Gasteiger partial charge < -0.3 is 14.4 Å². The van der Waals surface area contributed by atoms with E-state index >= 15 is 0 Å². The van der Waals surface area contributed by atoms with Crippen molar-refractivity contribution in [2.75, 3.05) is 19.8 Å². The number of rotatable bonds is 4. The maximum absolute atomic E-state index is 13.9. The standard InChI is InChI=1S/C25H28N4O3/c1-15(2)29-24-19(14-26-29)18(13-20(27-24)16-5-6-16)25(30)28-9-3-4-21(28)17-7-8-22-23(12-17)32-11-10-31-22/h7-8,12-16,21H,3-6,9-11H2,1-2H3/t21-/m1/s1. The predicted octanol–water partition coefficient (Wildman–Crippen LogP) is 4.64. The predicted molar refractivity (Wildman–Crippen MR) is 120 cm³/mol. The maximum atomic E-state index is 13.9. The molecule has 2 aliphatic heterocycles. The van der Waals surface area contributed by atoms with Gasteiger partial charge in [-0.15, -0.1) is 0 Å². The lowest BCUT2D eigenvalue weighted by molar-refractivity contribution is 0.0737. The highest BCUT2D eigenvalue weighted by Crippen LogP contribution is 2.42. The van der Waals surface area contributed by atoms with E-state index in [0.29, 0.717) is 19.1 Å². The molecule has 4 heterocycles. The first-order valence-corrected chi connectivity index (χ1v) is 11.7. The number of pyridine rings is 1. The zero-order chi connectivity index (χ0) is 21.8. The molecule has 7 heteroatoms. The molecule has 1 saturated carbocycles. The molecule has 1 aromatic carbocycles. The number of hydrogen-bond acceptors (Lipinski definition) is 5. The van der Waals surface area contributed by atoms with E-state index in [0.717, 1.165) is 71.6 Å². The molecular formula is C25H28N4O3. The van der Waals surface area contributed by atoms with Gasteiger partial charge in [0.1, 0.15) is 13.2 Å². The summed E-state index contributed by atoms with van der Waals surface area (Å²) in [6.07, 6.45) is 6.03. The SMILES string of the molecule is CC(C)n1ncc2c(C(=O)N3CCC[C@@H]3c3ccc4c(c3)OCCO4)cc(C3CC3)nc21. The average molecular weight is 433 g/mol.